The molecule has 0 bridgehead atoms. The van der Waals surface area contributed by atoms with Crippen molar-refractivity contribution in [2.45, 2.75) is 6.92 Å². The van der Waals surface area contributed by atoms with Crippen LogP contribution < -0.4 is 14.8 Å². The first-order valence-corrected chi connectivity index (χ1v) is 7.72. The molecule has 24 heavy (non-hydrogen) atoms. The van der Waals surface area contributed by atoms with Crippen molar-refractivity contribution >= 4 is 40.6 Å². The number of amides is 1. The first-order valence-electron chi connectivity index (χ1n) is 6.97. The largest absolute Gasteiger partial charge is 0.493 e. The smallest absolute Gasteiger partial charge is 0.262 e. The van der Waals surface area contributed by atoms with E-state index in [1.54, 1.807) is 36.4 Å². The molecule has 2 rings (SSSR count). The molecule has 1 N–H and O–H groups in total. The molecule has 0 fully saturated rings. The van der Waals surface area contributed by atoms with Gasteiger partial charge in [0.05, 0.1) is 7.11 Å². The molecule has 2 aromatic rings. The third kappa shape index (κ3) is 4.88. The van der Waals surface area contributed by atoms with Crippen LogP contribution in [0, 0.1) is 0 Å². The number of Topliss-reactive ketones (excluding diaryl/α,β-unsaturated/α-hetero) is 1. The van der Waals surface area contributed by atoms with Crippen LogP contribution in [0.3, 0.4) is 0 Å². The number of halogens is 2. The van der Waals surface area contributed by atoms with E-state index < -0.39 is 0 Å². The fourth-order valence-corrected chi connectivity index (χ4v) is 2.50. The van der Waals surface area contributed by atoms with Gasteiger partial charge < -0.3 is 14.8 Å². The van der Waals surface area contributed by atoms with Crippen LogP contribution in [0.4, 0.5) is 5.69 Å². The average molecular weight is 368 g/mol. The quantitative estimate of drug-likeness (QED) is 0.776. The number of benzene rings is 2. The number of anilines is 1. The summed E-state index contributed by atoms with van der Waals surface area (Å²) in [5.74, 6) is 0.268. The average Bonchev–Trinajstić information content (AvgIpc) is 2.51. The highest BCUT2D eigenvalue weighted by atomic mass is 35.5. The Bertz CT molecular complexity index is 757. The lowest BCUT2D eigenvalue weighted by Crippen LogP contribution is -2.20. The third-order valence-corrected chi connectivity index (χ3v) is 3.51. The number of rotatable bonds is 6. The van der Waals surface area contributed by atoms with E-state index in [0.29, 0.717) is 32.8 Å². The molecule has 0 radical (unpaired) electrons. The maximum atomic E-state index is 12.0. The highest BCUT2D eigenvalue weighted by molar-refractivity contribution is 6.35. The summed E-state index contributed by atoms with van der Waals surface area (Å²) in [4.78, 5) is 23.3. The van der Waals surface area contributed by atoms with Crippen LogP contribution in [0.25, 0.3) is 0 Å². The van der Waals surface area contributed by atoms with Crippen molar-refractivity contribution in [3.05, 3.63) is 52.0 Å². The highest BCUT2D eigenvalue weighted by Gasteiger charge is 2.11. The SMILES string of the molecule is COc1cc(C(C)=O)ccc1OCC(=O)Nc1cc(Cl)cc(Cl)c1. The number of nitrogens with one attached hydrogen (secondary N) is 1. The van der Waals surface area contributed by atoms with Crippen molar-refractivity contribution in [2.75, 3.05) is 19.0 Å². The lowest BCUT2D eigenvalue weighted by atomic mass is 10.1. The highest BCUT2D eigenvalue weighted by Crippen LogP contribution is 2.28. The maximum absolute atomic E-state index is 12.0. The number of ether oxygens (including phenoxy) is 2. The van der Waals surface area contributed by atoms with Gasteiger partial charge in [-0.25, -0.2) is 0 Å². The summed E-state index contributed by atoms with van der Waals surface area (Å²) in [5, 5.41) is 3.47. The number of methoxy groups -OCH3 is 1. The maximum Gasteiger partial charge on any atom is 0.262 e. The van der Waals surface area contributed by atoms with Gasteiger partial charge in [-0.1, -0.05) is 23.2 Å². The molecule has 7 heteroatoms. The van der Waals surface area contributed by atoms with Gasteiger partial charge in [0.1, 0.15) is 0 Å². The minimum Gasteiger partial charge on any atom is -0.493 e. The Hall–Kier alpha value is -2.24. The summed E-state index contributed by atoms with van der Waals surface area (Å²) >= 11 is 11.8. The Morgan fingerprint density at radius 3 is 2.29 bits per heavy atom. The standard InChI is InChI=1S/C17H15Cl2NO4/c1-10(21)11-3-4-15(16(5-11)23-2)24-9-17(22)20-14-7-12(18)6-13(19)8-14/h3-8H,9H2,1-2H3,(H,20,22). The van der Waals surface area contributed by atoms with E-state index in [0.717, 1.165) is 0 Å². The second-order valence-electron chi connectivity index (χ2n) is 4.92. The van der Waals surface area contributed by atoms with Gasteiger partial charge in [-0.3, -0.25) is 9.59 Å². The van der Waals surface area contributed by atoms with Crippen molar-refractivity contribution in [1.29, 1.82) is 0 Å². The summed E-state index contributed by atoms with van der Waals surface area (Å²) in [5.41, 5.74) is 0.970. The van der Waals surface area contributed by atoms with Crippen molar-refractivity contribution in [3.63, 3.8) is 0 Å². The minimum atomic E-state index is -0.383. The molecular weight excluding hydrogens is 353 g/mol. The second kappa shape index (κ2) is 8.04. The van der Waals surface area contributed by atoms with E-state index >= 15 is 0 Å². The molecule has 2 aromatic carbocycles. The number of carbonyl (C=O) groups excluding carboxylic acids is 2. The topological polar surface area (TPSA) is 64.6 Å². The predicted octanol–water partition coefficient (Wildman–Crippen LogP) is 4.22. The molecule has 0 heterocycles. The summed E-state index contributed by atoms with van der Waals surface area (Å²) in [6.07, 6.45) is 0. The second-order valence-corrected chi connectivity index (χ2v) is 5.79. The van der Waals surface area contributed by atoms with Gasteiger partial charge >= 0.3 is 0 Å². The number of hydrogen-bond donors (Lipinski definition) is 1. The molecule has 0 saturated carbocycles. The lowest BCUT2D eigenvalue weighted by molar-refractivity contribution is -0.118. The number of hydrogen-bond acceptors (Lipinski definition) is 4. The van der Waals surface area contributed by atoms with E-state index in [1.165, 1.54) is 14.0 Å². The normalized spacial score (nSPS) is 10.2. The molecule has 0 aliphatic heterocycles. The van der Waals surface area contributed by atoms with Crippen molar-refractivity contribution in [2.24, 2.45) is 0 Å². The summed E-state index contributed by atoms with van der Waals surface area (Å²) in [6, 6.07) is 9.47. The summed E-state index contributed by atoms with van der Waals surface area (Å²) < 4.78 is 10.6. The van der Waals surface area contributed by atoms with Crippen LogP contribution in [-0.2, 0) is 4.79 Å². The zero-order valence-corrected chi connectivity index (χ0v) is 14.6. The van der Waals surface area contributed by atoms with Gasteiger partial charge in [0.25, 0.3) is 5.91 Å². The van der Waals surface area contributed by atoms with Crippen LogP contribution in [0.2, 0.25) is 10.0 Å². The molecule has 0 aromatic heterocycles. The van der Waals surface area contributed by atoms with E-state index in [1.807, 2.05) is 0 Å². The van der Waals surface area contributed by atoms with Crippen LogP contribution in [-0.4, -0.2) is 25.4 Å². The van der Waals surface area contributed by atoms with Crippen LogP contribution >= 0.6 is 23.2 Å². The van der Waals surface area contributed by atoms with Gasteiger partial charge in [0.2, 0.25) is 0 Å². The molecule has 1 amide bonds. The van der Waals surface area contributed by atoms with Crippen LogP contribution in [0.15, 0.2) is 36.4 Å². The molecule has 0 saturated heterocycles. The zero-order chi connectivity index (χ0) is 17.7. The molecular formula is C17H15Cl2NO4. The van der Waals surface area contributed by atoms with Gasteiger partial charge in [-0.2, -0.15) is 0 Å². The van der Waals surface area contributed by atoms with Crippen molar-refractivity contribution in [3.8, 4) is 11.5 Å². The van der Waals surface area contributed by atoms with E-state index in [4.69, 9.17) is 32.7 Å². The first-order chi connectivity index (χ1) is 11.4. The Kier molecular flexibility index (Phi) is 6.06. The van der Waals surface area contributed by atoms with E-state index in [-0.39, 0.29) is 18.3 Å². The van der Waals surface area contributed by atoms with Gasteiger partial charge in [0, 0.05) is 21.3 Å². The van der Waals surface area contributed by atoms with E-state index in [2.05, 4.69) is 5.32 Å². The molecule has 0 spiro atoms. The Balaban J connectivity index is 2.02. The first kappa shape index (κ1) is 18.1. The van der Waals surface area contributed by atoms with Crippen LogP contribution in [0.5, 0.6) is 11.5 Å². The number of ketones is 1. The Labute approximate surface area is 149 Å². The molecule has 0 unspecified atom stereocenters. The minimum absolute atomic E-state index is 0.0876. The fourth-order valence-electron chi connectivity index (χ4n) is 1.97. The third-order valence-electron chi connectivity index (χ3n) is 3.08. The summed E-state index contributed by atoms with van der Waals surface area (Å²) in [7, 11) is 1.46. The molecule has 126 valence electrons. The molecule has 0 aliphatic rings. The molecule has 5 nitrogen and oxygen atoms in total. The monoisotopic (exact) mass is 367 g/mol. The van der Waals surface area contributed by atoms with Gasteiger partial charge in [0.15, 0.2) is 23.9 Å². The van der Waals surface area contributed by atoms with Crippen molar-refractivity contribution < 1.29 is 19.1 Å². The van der Waals surface area contributed by atoms with Gasteiger partial charge in [-0.15, -0.1) is 0 Å². The Morgan fingerprint density at radius 1 is 1.04 bits per heavy atom. The fraction of sp³-hybridized carbons (Fsp3) is 0.176. The van der Waals surface area contributed by atoms with E-state index in [9.17, 15) is 9.59 Å². The predicted molar refractivity (Wildman–Crippen MR) is 93.6 cm³/mol. The van der Waals surface area contributed by atoms with Crippen LogP contribution in [0.1, 0.15) is 17.3 Å². The molecule has 0 atom stereocenters. The zero-order valence-electron chi connectivity index (χ0n) is 13.1. The van der Waals surface area contributed by atoms with Gasteiger partial charge in [-0.05, 0) is 43.3 Å². The lowest BCUT2D eigenvalue weighted by Gasteiger charge is -2.12. The number of carbonyl (C=O) groups is 2. The van der Waals surface area contributed by atoms with Crippen molar-refractivity contribution in [1.82, 2.24) is 0 Å². The summed E-state index contributed by atoms with van der Waals surface area (Å²) in [6.45, 7) is 1.22. The molecule has 0 aliphatic carbocycles. The Morgan fingerprint density at radius 2 is 1.71 bits per heavy atom.